The molecule has 0 bridgehead atoms. The van der Waals surface area contributed by atoms with Gasteiger partial charge >= 0.3 is 5.97 Å². The molecule has 18 heavy (non-hydrogen) atoms. The molecular weight excluding hydrogens is 234 g/mol. The van der Waals surface area contributed by atoms with E-state index < -0.39 is 12.6 Å². The van der Waals surface area contributed by atoms with Crippen LogP contribution < -0.4 is 5.32 Å². The standard InChI is InChI=1S/C13H17NO4/c1-9(2)10-5-3-4-6-11(10)14-12(15)7-18-8-13(16)17/h3-6,9H,7-8H2,1-2H3,(H,14,15)(H,16,17). The number of ether oxygens (including phenoxy) is 1. The Labute approximate surface area is 106 Å². The molecule has 0 heterocycles. The van der Waals surface area contributed by atoms with Crippen LogP contribution in [-0.2, 0) is 14.3 Å². The van der Waals surface area contributed by atoms with E-state index in [9.17, 15) is 9.59 Å². The predicted octanol–water partition coefficient (Wildman–Crippen LogP) is 1.85. The number of aliphatic carboxylic acids is 1. The van der Waals surface area contributed by atoms with E-state index in [0.717, 1.165) is 11.3 Å². The van der Waals surface area contributed by atoms with Gasteiger partial charge in [-0.25, -0.2) is 4.79 Å². The van der Waals surface area contributed by atoms with E-state index in [-0.39, 0.29) is 12.5 Å². The third-order valence-corrected chi connectivity index (χ3v) is 2.32. The molecule has 1 aromatic rings. The van der Waals surface area contributed by atoms with Gasteiger partial charge in [-0.3, -0.25) is 4.79 Å². The van der Waals surface area contributed by atoms with E-state index in [1.165, 1.54) is 0 Å². The molecule has 0 aliphatic rings. The minimum atomic E-state index is -1.09. The van der Waals surface area contributed by atoms with E-state index in [2.05, 4.69) is 5.32 Å². The van der Waals surface area contributed by atoms with E-state index in [1.54, 1.807) is 0 Å². The lowest BCUT2D eigenvalue weighted by atomic mass is 10.0. The molecule has 1 rings (SSSR count). The van der Waals surface area contributed by atoms with Crippen molar-refractivity contribution in [1.29, 1.82) is 0 Å². The summed E-state index contributed by atoms with van der Waals surface area (Å²) in [5.74, 6) is -1.16. The molecule has 0 fully saturated rings. The third-order valence-electron chi connectivity index (χ3n) is 2.32. The van der Waals surface area contributed by atoms with Crippen molar-refractivity contribution < 1.29 is 19.4 Å². The maximum atomic E-state index is 11.5. The number of carboxylic acids is 1. The number of nitrogens with one attached hydrogen (secondary N) is 1. The first-order valence-corrected chi connectivity index (χ1v) is 5.69. The summed E-state index contributed by atoms with van der Waals surface area (Å²) in [6, 6.07) is 7.49. The summed E-state index contributed by atoms with van der Waals surface area (Å²) < 4.78 is 4.72. The Morgan fingerprint density at radius 3 is 2.56 bits per heavy atom. The summed E-state index contributed by atoms with van der Waals surface area (Å²) in [5.41, 5.74) is 1.76. The number of amides is 1. The van der Waals surface area contributed by atoms with Crippen molar-refractivity contribution in [2.75, 3.05) is 18.5 Å². The summed E-state index contributed by atoms with van der Waals surface area (Å²) >= 11 is 0. The maximum absolute atomic E-state index is 11.5. The van der Waals surface area contributed by atoms with Crippen LogP contribution in [0.25, 0.3) is 0 Å². The van der Waals surface area contributed by atoms with Gasteiger partial charge < -0.3 is 15.2 Å². The molecule has 5 nitrogen and oxygen atoms in total. The van der Waals surface area contributed by atoms with Crippen LogP contribution in [0, 0.1) is 0 Å². The molecule has 2 N–H and O–H groups in total. The van der Waals surface area contributed by atoms with E-state index in [4.69, 9.17) is 9.84 Å². The fourth-order valence-electron chi connectivity index (χ4n) is 1.53. The molecule has 0 unspecified atom stereocenters. The number of hydrogen-bond acceptors (Lipinski definition) is 3. The van der Waals surface area contributed by atoms with E-state index >= 15 is 0 Å². The van der Waals surface area contributed by atoms with Crippen molar-refractivity contribution in [3.05, 3.63) is 29.8 Å². The fourth-order valence-corrected chi connectivity index (χ4v) is 1.53. The van der Waals surface area contributed by atoms with Gasteiger partial charge in [-0.05, 0) is 17.5 Å². The summed E-state index contributed by atoms with van der Waals surface area (Å²) in [6.07, 6.45) is 0. The second-order valence-electron chi connectivity index (χ2n) is 4.18. The van der Waals surface area contributed by atoms with Gasteiger partial charge in [0.05, 0.1) is 0 Å². The molecule has 0 radical (unpaired) electrons. The van der Waals surface area contributed by atoms with Gasteiger partial charge in [0.2, 0.25) is 5.91 Å². The molecular formula is C13H17NO4. The van der Waals surface area contributed by atoms with Crippen molar-refractivity contribution in [1.82, 2.24) is 0 Å². The van der Waals surface area contributed by atoms with E-state index in [0.29, 0.717) is 5.92 Å². The van der Waals surface area contributed by atoms with Gasteiger partial charge in [0.15, 0.2) is 0 Å². The highest BCUT2D eigenvalue weighted by Gasteiger charge is 2.09. The topological polar surface area (TPSA) is 75.6 Å². The predicted molar refractivity (Wildman–Crippen MR) is 67.6 cm³/mol. The quantitative estimate of drug-likeness (QED) is 0.809. The fraction of sp³-hybridized carbons (Fsp3) is 0.385. The molecule has 0 aliphatic heterocycles. The molecule has 1 aromatic carbocycles. The SMILES string of the molecule is CC(C)c1ccccc1NC(=O)COCC(=O)O. The number of anilines is 1. The van der Waals surface area contributed by atoms with Crippen molar-refractivity contribution in [3.8, 4) is 0 Å². The van der Waals surface area contributed by atoms with Crippen molar-refractivity contribution in [3.63, 3.8) is 0 Å². The Morgan fingerprint density at radius 1 is 1.28 bits per heavy atom. The summed E-state index contributed by atoms with van der Waals surface area (Å²) in [4.78, 5) is 21.8. The molecule has 0 saturated heterocycles. The number of hydrogen-bond donors (Lipinski definition) is 2. The Bertz CT molecular complexity index is 429. The summed E-state index contributed by atoms with van der Waals surface area (Å²) in [6.45, 7) is 3.33. The lowest BCUT2D eigenvalue weighted by molar-refractivity contribution is -0.143. The zero-order valence-corrected chi connectivity index (χ0v) is 10.5. The van der Waals surface area contributed by atoms with Crippen LogP contribution in [0.3, 0.4) is 0 Å². The molecule has 1 amide bonds. The Hall–Kier alpha value is -1.88. The average molecular weight is 251 g/mol. The number of benzene rings is 1. The van der Waals surface area contributed by atoms with Crippen LogP contribution in [0.1, 0.15) is 25.3 Å². The smallest absolute Gasteiger partial charge is 0.329 e. The zero-order valence-electron chi connectivity index (χ0n) is 10.5. The highest BCUT2D eigenvalue weighted by Crippen LogP contribution is 2.23. The first-order chi connectivity index (χ1) is 8.50. The van der Waals surface area contributed by atoms with Gasteiger partial charge in [-0.1, -0.05) is 32.0 Å². The second-order valence-corrected chi connectivity index (χ2v) is 4.18. The van der Waals surface area contributed by atoms with Crippen LogP contribution in [0.5, 0.6) is 0 Å². The van der Waals surface area contributed by atoms with Gasteiger partial charge in [0, 0.05) is 5.69 Å². The summed E-state index contributed by atoms with van der Waals surface area (Å²) in [7, 11) is 0. The molecule has 98 valence electrons. The van der Waals surface area contributed by atoms with Crippen molar-refractivity contribution >= 4 is 17.6 Å². The number of rotatable bonds is 6. The molecule has 0 aromatic heterocycles. The monoisotopic (exact) mass is 251 g/mol. The lowest BCUT2D eigenvalue weighted by Crippen LogP contribution is -2.21. The molecule has 5 heteroatoms. The molecule has 0 aliphatic carbocycles. The molecule has 0 saturated carbocycles. The second kappa shape index (κ2) is 6.76. The normalized spacial score (nSPS) is 10.4. The van der Waals surface area contributed by atoms with Crippen LogP contribution in [0.2, 0.25) is 0 Å². The van der Waals surface area contributed by atoms with E-state index in [1.807, 2.05) is 38.1 Å². The number of para-hydroxylation sites is 1. The van der Waals surface area contributed by atoms with Crippen molar-refractivity contribution in [2.24, 2.45) is 0 Å². The van der Waals surface area contributed by atoms with Gasteiger partial charge in [-0.2, -0.15) is 0 Å². The van der Waals surface area contributed by atoms with Gasteiger partial charge in [0.25, 0.3) is 0 Å². The van der Waals surface area contributed by atoms with Crippen molar-refractivity contribution in [2.45, 2.75) is 19.8 Å². The number of carbonyl (C=O) groups is 2. The lowest BCUT2D eigenvalue weighted by Gasteiger charge is -2.13. The average Bonchev–Trinajstić information content (AvgIpc) is 2.28. The van der Waals surface area contributed by atoms with Crippen LogP contribution >= 0.6 is 0 Å². The molecule has 0 spiro atoms. The molecule has 0 atom stereocenters. The highest BCUT2D eigenvalue weighted by molar-refractivity contribution is 5.92. The van der Waals surface area contributed by atoms with Gasteiger partial charge in [-0.15, -0.1) is 0 Å². The van der Waals surface area contributed by atoms with Crippen LogP contribution in [-0.4, -0.2) is 30.2 Å². The zero-order chi connectivity index (χ0) is 13.5. The minimum Gasteiger partial charge on any atom is -0.480 e. The minimum absolute atomic E-state index is 0.265. The number of carboxylic acid groups (broad SMARTS) is 1. The summed E-state index contributed by atoms with van der Waals surface area (Å²) in [5, 5.41) is 11.1. The van der Waals surface area contributed by atoms with Crippen LogP contribution in [0.15, 0.2) is 24.3 Å². The van der Waals surface area contributed by atoms with Crippen LogP contribution in [0.4, 0.5) is 5.69 Å². The largest absolute Gasteiger partial charge is 0.480 e. The first-order valence-electron chi connectivity index (χ1n) is 5.69. The van der Waals surface area contributed by atoms with Gasteiger partial charge in [0.1, 0.15) is 13.2 Å². The Kier molecular flexibility index (Phi) is 5.32. The third kappa shape index (κ3) is 4.55. The Balaban J connectivity index is 2.56. The number of carbonyl (C=O) groups excluding carboxylic acids is 1. The Morgan fingerprint density at radius 2 is 1.94 bits per heavy atom. The maximum Gasteiger partial charge on any atom is 0.329 e. The first kappa shape index (κ1) is 14.2. The highest BCUT2D eigenvalue weighted by atomic mass is 16.5.